The van der Waals surface area contributed by atoms with Crippen LogP contribution in [0.3, 0.4) is 0 Å². The molecule has 0 bridgehead atoms. The summed E-state index contributed by atoms with van der Waals surface area (Å²) in [6, 6.07) is 4.42. The molecule has 0 radical (unpaired) electrons. The molecular weight excluding hydrogens is 317 g/mol. The molecule has 0 unspecified atom stereocenters. The molecule has 118 valence electrons. The van der Waals surface area contributed by atoms with Gasteiger partial charge in [-0.15, -0.1) is 11.8 Å². The minimum absolute atomic E-state index is 0.204. The summed E-state index contributed by atoms with van der Waals surface area (Å²) < 4.78 is 39.2. The van der Waals surface area contributed by atoms with Gasteiger partial charge in [-0.25, -0.2) is 4.98 Å². The molecule has 4 nitrogen and oxygen atoms in total. The lowest BCUT2D eigenvalue weighted by atomic mass is 10.1. The predicted octanol–water partition coefficient (Wildman–Crippen LogP) is 2.58. The lowest BCUT2D eigenvalue weighted by molar-refractivity contribution is -0.255. The number of nitrogens with zero attached hydrogens (tertiary/aromatic N) is 2. The van der Waals surface area contributed by atoms with Gasteiger partial charge in [-0.3, -0.25) is 0 Å². The van der Waals surface area contributed by atoms with Crippen molar-refractivity contribution in [3.63, 3.8) is 0 Å². The highest BCUT2D eigenvalue weighted by molar-refractivity contribution is 7.99. The molecule has 0 saturated heterocycles. The second-order valence-corrected chi connectivity index (χ2v) is 5.70. The second-order valence-electron chi connectivity index (χ2n) is 4.44. The quantitative estimate of drug-likeness (QED) is 0.809. The monoisotopic (exact) mass is 329 g/mol. The Morgan fingerprint density at radius 2 is 1.91 bits per heavy atom. The van der Waals surface area contributed by atoms with Crippen molar-refractivity contribution in [1.29, 1.82) is 0 Å². The normalized spacial score (nSPS) is 11.7. The largest absolute Gasteiger partial charge is 0.543 e. The van der Waals surface area contributed by atoms with Gasteiger partial charge in [0.25, 0.3) is 0 Å². The molecule has 0 N–H and O–H groups in total. The van der Waals surface area contributed by atoms with Gasteiger partial charge >= 0.3 is 6.18 Å². The van der Waals surface area contributed by atoms with Crippen LogP contribution in [0.25, 0.3) is 11.4 Å². The zero-order chi connectivity index (χ0) is 16.5. The fourth-order valence-electron chi connectivity index (χ4n) is 1.99. The smallest absolute Gasteiger partial charge is 0.416 e. The predicted molar refractivity (Wildman–Crippen MR) is 74.4 cm³/mol. The lowest BCUT2D eigenvalue weighted by Gasteiger charge is -2.08. The highest BCUT2D eigenvalue weighted by Gasteiger charge is 2.30. The van der Waals surface area contributed by atoms with Crippen LogP contribution >= 0.6 is 11.8 Å². The van der Waals surface area contributed by atoms with E-state index < -0.39 is 17.7 Å². The van der Waals surface area contributed by atoms with Crippen LogP contribution < -0.4 is 5.11 Å². The van der Waals surface area contributed by atoms with Gasteiger partial charge in [0.05, 0.1) is 11.5 Å². The average molecular weight is 329 g/mol. The Morgan fingerprint density at radius 3 is 2.36 bits per heavy atom. The summed E-state index contributed by atoms with van der Waals surface area (Å²) in [6.45, 7) is 1.86. The molecule has 0 aliphatic heterocycles. The number of thioether (sulfide) groups is 1. The fraction of sp³-hybridized carbons (Fsp3) is 0.286. The number of alkyl halides is 3. The number of aromatic nitrogens is 2. The number of benzene rings is 1. The first-order valence-electron chi connectivity index (χ1n) is 6.34. The summed E-state index contributed by atoms with van der Waals surface area (Å²) in [5.74, 6) is -0.500. The van der Waals surface area contributed by atoms with Crippen molar-refractivity contribution >= 4 is 17.7 Å². The third kappa shape index (κ3) is 3.11. The van der Waals surface area contributed by atoms with Crippen LogP contribution in [-0.2, 0) is 13.2 Å². The van der Waals surface area contributed by atoms with Gasteiger partial charge in [0.15, 0.2) is 0 Å². The topological polar surface area (TPSA) is 57.9 Å². The Balaban J connectivity index is 2.49. The molecule has 2 rings (SSSR count). The van der Waals surface area contributed by atoms with Crippen LogP contribution in [0.15, 0.2) is 29.3 Å². The van der Waals surface area contributed by atoms with Crippen LogP contribution in [0.4, 0.5) is 13.2 Å². The van der Waals surface area contributed by atoms with Gasteiger partial charge in [-0.2, -0.15) is 13.2 Å². The van der Waals surface area contributed by atoms with E-state index in [-0.39, 0.29) is 11.5 Å². The fourth-order valence-corrected chi connectivity index (χ4v) is 2.80. The lowest BCUT2D eigenvalue weighted by Crippen LogP contribution is -2.23. The standard InChI is InChI=1S/C14H13F3N2O2S/c1-3-22-12-10(13(20)21)18-11(19(12)2)8-4-6-9(7-5-8)14(15,16)17/h4-7H,3H2,1-2H3,(H,20,21)/p-1. The minimum Gasteiger partial charge on any atom is -0.543 e. The van der Waals surface area contributed by atoms with Gasteiger partial charge in [-0.1, -0.05) is 19.1 Å². The summed E-state index contributed by atoms with van der Waals surface area (Å²) >= 11 is 1.28. The highest BCUT2D eigenvalue weighted by Crippen LogP contribution is 2.32. The van der Waals surface area contributed by atoms with E-state index in [1.165, 1.54) is 23.9 Å². The van der Waals surface area contributed by atoms with Gasteiger partial charge in [0, 0.05) is 12.6 Å². The Kier molecular flexibility index (Phi) is 4.50. The number of hydrogen-bond acceptors (Lipinski definition) is 4. The molecule has 0 atom stereocenters. The third-order valence-electron chi connectivity index (χ3n) is 2.99. The SMILES string of the molecule is CCSc1c(C(=O)[O-])nc(-c2ccc(C(F)(F)F)cc2)n1C. The molecule has 0 aliphatic rings. The van der Waals surface area contributed by atoms with Gasteiger partial charge in [0.1, 0.15) is 16.5 Å². The van der Waals surface area contributed by atoms with Crippen molar-refractivity contribution in [2.24, 2.45) is 7.05 Å². The van der Waals surface area contributed by atoms with Crippen molar-refractivity contribution in [2.75, 3.05) is 5.75 Å². The Bertz CT molecular complexity index is 693. The molecular formula is C14H12F3N2O2S-. The summed E-state index contributed by atoms with van der Waals surface area (Å²) in [5, 5.41) is 11.5. The van der Waals surface area contributed by atoms with Crippen LogP contribution in [-0.4, -0.2) is 21.3 Å². The number of carboxylic acid groups (broad SMARTS) is 1. The maximum absolute atomic E-state index is 12.6. The minimum atomic E-state index is -4.42. The summed E-state index contributed by atoms with van der Waals surface area (Å²) in [5.41, 5.74) is -0.570. The number of carbonyl (C=O) groups excluding carboxylic acids is 1. The van der Waals surface area contributed by atoms with Crippen LogP contribution in [0.1, 0.15) is 23.0 Å². The molecule has 8 heteroatoms. The number of imidazole rings is 1. The van der Waals surface area contributed by atoms with E-state index >= 15 is 0 Å². The Labute approximate surface area is 129 Å². The van der Waals surface area contributed by atoms with Crippen molar-refractivity contribution in [3.05, 3.63) is 35.5 Å². The number of carbonyl (C=O) groups is 1. The number of halogens is 3. The molecule has 2 aromatic rings. The van der Waals surface area contributed by atoms with E-state index in [0.29, 0.717) is 16.3 Å². The van der Waals surface area contributed by atoms with E-state index in [1.807, 2.05) is 6.92 Å². The van der Waals surface area contributed by atoms with E-state index in [0.717, 1.165) is 12.1 Å². The first-order chi connectivity index (χ1) is 10.3. The molecule has 0 spiro atoms. The molecule has 1 aromatic heterocycles. The molecule has 1 aromatic carbocycles. The molecule has 0 fully saturated rings. The number of hydrogen-bond donors (Lipinski definition) is 0. The third-order valence-corrected chi connectivity index (χ3v) is 4.02. The molecule has 0 amide bonds. The van der Waals surface area contributed by atoms with E-state index in [9.17, 15) is 23.1 Å². The zero-order valence-corrected chi connectivity index (χ0v) is 12.6. The first-order valence-corrected chi connectivity index (χ1v) is 7.32. The Morgan fingerprint density at radius 1 is 1.32 bits per heavy atom. The maximum atomic E-state index is 12.6. The van der Waals surface area contributed by atoms with Crippen LogP contribution in [0, 0.1) is 0 Å². The Hall–Kier alpha value is -1.96. The summed E-state index contributed by atoms with van der Waals surface area (Å²) in [4.78, 5) is 15.1. The molecule has 0 aliphatic carbocycles. The number of rotatable bonds is 4. The zero-order valence-electron chi connectivity index (χ0n) is 11.8. The second kappa shape index (κ2) is 6.04. The average Bonchev–Trinajstić information content (AvgIpc) is 2.76. The van der Waals surface area contributed by atoms with Crippen molar-refractivity contribution in [2.45, 2.75) is 18.1 Å². The first kappa shape index (κ1) is 16.4. The van der Waals surface area contributed by atoms with Crippen molar-refractivity contribution in [3.8, 4) is 11.4 Å². The number of carboxylic acids is 1. The molecule has 0 saturated carbocycles. The van der Waals surface area contributed by atoms with E-state index in [4.69, 9.17) is 0 Å². The van der Waals surface area contributed by atoms with Crippen molar-refractivity contribution in [1.82, 2.24) is 9.55 Å². The maximum Gasteiger partial charge on any atom is 0.416 e. The van der Waals surface area contributed by atoms with Gasteiger partial charge < -0.3 is 14.5 Å². The van der Waals surface area contributed by atoms with Gasteiger partial charge in [-0.05, 0) is 17.9 Å². The van der Waals surface area contributed by atoms with Crippen LogP contribution in [0.5, 0.6) is 0 Å². The summed E-state index contributed by atoms with van der Waals surface area (Å²) in [7, 11) is 1.62. The molecule has 1 heterocycles. The summed E-state index contributed by atoms with van der Waals surface area (Å²) in [6.07, 6.45) is -4.42. The van der Waals surface area contributed by atoms with E-state index in [2.05, 4.69) is 4.98 Å². The molecule has 22 heavy (non-hydrogen) atoms. The van der Waals surface area contributed by atoms with Crippen LogP contribution in [0.2, 0.25) is 0 Å². The number of aromatic carboxylic acids is 1. The highest BCUT2D eigenvalue weighted by atomic mass is 32.2. The van der Waals surface area contributed by atoms with Crippen molar-refractivity contribution < 1.29 is 23.1 Å². The van der Waals surface area contributed by atoms with Gasteiger partial charge in [0.2, 0.25) is 0 Å². The van der Waals surface area contributed by atoms with E-state index in [1.54, 1.807) is 11.6 Å².